The lowest BCUT2D eigenvalue weighted by Gasteiger charge is -2.07. The Labute approximate surface area is 149 Å². The number of nitrogens with zero attached hydrogens (tertiary/aromatic N) is 3. The number of hydrogen-bond acceptors (Lipinski definition) is 5. The van der Waals surface area contributed by atoms with E-state index in [4.69, 9.17) is 4.42 Å². The van der Waals surface area contributed by atoms with Crippen LogP contribution < -0.4 is 5.56 Å². The lowest BCUT2D eigenvalue weighted by Crippen LogP contribution is -2.13. The third-order valence-electron chi connectivity index (χ3n) is 3.91. The number of aromatic nitrogens is 4. The normalized spacial score (nSPS) is 11.9. The summed E-state index contributed by atoms with van der Waals surface area (Å²) in [7, 11) is 0. The Morgan fingerprint density at radius 3 is 2.56 bits per heavy atom. The van der Waals surface area contributed by atoms with Gasteiger partial charge in [-0.15, -0.1) is 10.2 Å². The maximum absolute atomic E-state index is 12.8. The molecule has 9 heteroatoms. The number of halogens is 3. The zero-order valence-corrected chi connectivity index (χ0v) is 13.8. The van der Waals surface area contributed by atoms with Crippen molar-refractivity contribution in [3.63, 3.8) is 0 Å². The number of fused-ring (bicyclic) bond motifs is 1. The number of alkyl halides is 3. The first-order valence-electron chi connectivity index (χ1n) is 7.83. The van der Waals surface area contributed by atoms with Crippen LogP contribution in [0.3, 0.4) is 0 Å². The molecular weight excluding hydrogens is 361 g/mol. The summed E-state index contributed by atoms with van der Waals surface area (Å²) < 4.78 is 44.0. The predicted molar refractivity (Wildman–Crippen MR) is 90.8 cm³/mol. The zero-order chi connectivity index (χ0) is 19.2. The number of aromatic amines is 1. The molecule has 136 valence electrons. The van der Waals surface area contributed by atoms with Crippen molar-refractivity contribution in [2.45, 2.75) is 13.1 Å². The fraction of sp³-hybridized carbons (Fsp3) is 0.111. The van der Waals surface area contributed by atoms with E-state index in [2.05, 4.69) is 20.2 Å². The van der Waals surface area contributed by atoms with Gasteiger partial charge in [-0.05, 0) is 37.3 Å². The molecule has 2 aromatic heterocycles. The van der Waals surface area contributed by atoms with E-state index in [9.17, 15) is 18.0 Å². The van der Waals surface area contributed by atoms with Crippen LogP contribution in [-0.4, -0.2) is 20.2 Å². The number of aryl methyl sites for hydroxylation is 1. The molecule has 0 radical (unpaired) electrons. The molecule has 0 saturated heterocycles. The molecule has 0 spiro atoms. The molecule has 4 aromatic rings. The highest BCUT2D eigenvalue weighted by molar-refractivity contribution is 5.77. The first-order valence-corrected chi connectivity index (χ1v) is 7.83. The highest BCUT2D eigenvalue weighted by Crippen LogP contribution is 2.30. The molecule has 0 aliphatic carbocycles. The maximum Gasteiger partial charge on any atom is 0.416 e. The van der Waals surface area contributed by atoms with Gasteiger partial charge in [0.2, 0.25) is 5.89 Å². The summed E-state index contributed by atoms with van der Waals surface area (Å²) in [4.78, 5) is 18.7. The maximum atomic E-state index is 12.8. The number of H-pyrrole nitrogens is 1. The molecule has 0 fully saturated rings. The van der Waals surface area contributed by atoms with Gasteiger partial charge in [0.15, 0.2) is 5.69 Å². The molecule has 1 N–H and O–H groups in total. The first kappa shape index (κ1) is 17.0. The van der Waals surface area contributed by atoms with Crippen LogP contribution in [0.1, 0.15) is 11.1 Å². The fourth-order valence-corrected chi connectivity index (χ4v) is 2.62. The smallest absolute Gasteiger partial charge is 0.414 e. The highest BCUT2D eigenvalue weighted by Gasteiger charge is 2.30. The van der Waals surface area contributed by atoms with E-state index in [-0.39, 0.29) is 28.5 Å². The monoisotopic (exact) mass is 372 g/mol. The van der Waals surface area contributed by atoms with Crippen molar-refractivity contribution in [3.8, 4) is 23.0 Å². The molecule has 0 amide bonds. The van der Waals surface area contributed by atoms with Crippen molar-refractivity contribution in [1.29, 1.82) is 0 Å². The van der Waals surface area contributed by atoms with Crippen LogP contribution in [0.2, 0.25) is 0 Å². The highest BCUT2D eigenvalue weighted by atomic mass is 19.4. The number of benzene rings is 2. The summed E-state index contributed by atoms with van der Waals surface area (Å²) in [6.07, 6.45) is -4.51. The fourth-order valence-electron chi connectivity index (χ4n) is 2.62. The minimum atomic E-state index is -4.51. The molecule has 0 aliphatic heterocycles. The van der Waals surface area contributed by atoms with Gasteiger partial charge in [-0.2, -0.15) is 13.2 Å². The summed E-state index contributed by atoms with van der Waals surface area (Å²) in [6, 6.07) is 10.3. The molecular formula is C18H11F3N4O2. The lowest BCUT2D eigenvalue weighted by molar-refractivity contribution is -0.137. The Morgan fingerprint density at radius 1 is 1.04 bits per heavy atom. The van der Waals surface area contributed by atoms with Crippen molar-refractivity contribution in [1.82, 2.24) is 20.2 Å². The van der Waals surface area contributed by atoms with E-state index < -0.39 is 17.3 Å². The second-order valence-electron chi connectivity index (χ2n) is 5.93. The Balaban J connectivity index is 1.78. The average Bonchev–Trinajstić information content (AvgIpc) is 3.09. The molecule has 0 aliphatic rings. The van der Waals surface area contributed by atoms with E-state index in [1.807, 2.05) is 25.1 Å². The van der Waals surface area contributed by atoms with Crippen LogP contribution in [-0.2, 0) is 6.18 Å². The van der Waals surface area contributed by atoms with Crippen molar-refractivity contribution in [2.24, 2.45) is 0 Å². The second kappa shape index (κ2) is 6.04. The molecule has 4 rings (SSSR count). The van der Waals surface area contributed by atoms with E-state index in [0.29, 0.717) is 5.56 Å². The van der Waals surface area contributed by atoms with Crippen LogP contribution in [0.5, 0.6) is 0 Å². The van der Waals surface area contributed by atoms with Gasteiger partial charge in [0, 0.05) is 5.56 Å². The third kappa shape index (κ3) is 3.19. The zero-order valence-electron chi connectivity index (χ0n) is 13.8. The van der Waals surface area contributed by atoms with Crippen LogP contribution in [0.4, 0.5) is 13.2 Å². The van der Waals surface area contributed by atoms with Gasteiger partial charge >= 0.3 is 6.18 Å². The van der Waals surface area contributed by atoms with Crippen LogP contribution >= 0.6 is 0 Å². The number of rotatable bonds is 2. The van der Waals surface area contributed by atoms with Gasteiger partial charge in [-0.25, -0.2) is 4.98 Å². The van der Waals surface area contributed by atoms with Gasteiger partial charge in [0.25, 0.3) is 11.4 Å². The molecule has 0 unspecified atom stereocenters. The molecule has 0 bridgehead atoms. The Morgan fingerprint density at radius 2 is 1.81 bits per heavy atom. The third-order valence-corrected chi connectivity index (χ3v) is 3.91. The summed E-state index contributed by atoms with van der Waals surface area (Å²) in [6.45, 7) is 1.91. The van der Waals surface area contributed by atoms with Crippen LogP contribution in [0.15, 0.2) is 51.7 Å². The average molecular weight is 372 g/mol. The van der Waals surface area contributed by atoms with Gasteiger partial charge in [0.05, 0.1) is 16.6 Å². The summed E-state index contributed by atoms with van der Waals surface area (Å²) in [5.74, 6) is 0.0944. The predicted octanol–water partition coefficient (Wildman–Crippen LogP) is 3.97. The molecule has 6 nitrogen and oxygen atoms in total. The number of nitrogens with one attached hydrogen (secondary N) is 1. The minimum Gasteiger partial charge on any atom is -0.414 e. The van der Waals surface area contributed by atoms with Gasteiger partial charge < -0.3 is 9.40 Å². The van der Waals surface area contributed by atoms with E-state index >= 15 is 0 Å². The van der Waals surface area contributed by atoms with E-state index in [0.717, 1.165) is 17.7 Å². The molecule has 0 atom stereocenters. The molecule has 27 heavy (non-hydrogen) atoms. The minimum absolute atomic E-state index is 0.0306. The van der Waals surface area contributed by atoms with Crippen molar-refractivity contribution < 1.29 is 17.6 Å². The van der Waals surface area contributed by atoms with Crippen LogP contribution in [0.25, 0.3) is 34.1 Å². The van der Waals surface area contributed by atoms with Gasteiger partial charge in [-0.3, -0.25) is 4.79 Å². The SMILES string of the molecule is Cc1cccc(-c2nnc(-c3nc4ccc(C(F)(F)F)cc4[nH]c3=O)o2)c1. The topological polar surface area (TPSA) is 84.7 Å². The van der Waals surface area contributed by atoms with Crippen molar-refractivity contribution >= 4 is 11.0 Å². The molecule has 0 saturated carbocycles. The Bertz CT molecular complexity index is 1210. The van der Waals surface area contributed by atoms with Crippen LogP contribution in [0, 0.1) is 6.92 Å². The largest absolute Gasteiger partial charge is 0.416 e. The quantitative estimate of drug-likeness (QED) is 0.576. The lowest BCUT2D eigenvalue weighted by atomic mass is 10.1. The summed E-state index contributed by atoms with van der Waals surface area (Å²) >= 11 is 0. The first-order chi connectivity index (χ1) is 12.8. The number of hydrogen-bond donors (Lipinski definition) is 1. The molecule has 2 heterocycles. The van der Waals surface area contributed by atoms with Gasteiger partial charge in [-0.1, -0.05) is 17.7 Å². The van der Waals surface area contributed by atoms with E-state index in [1.54, 1.807) is 6.07 Å². The second-order valence-corrected chi connectivity index (χ2v) is 5.93. The summed E-state index contributed by atoms with van der Waals surface area (Å²) in [5, 5.41) is 7.75. The van der Waals surface area contributed by atoms with Crippen molar-refractivity contribution in [2.75, 3.05) is 0 Å². The van der Waals surface area contributed by atoms with Gasteiger partial charge in [0.1, 0.15) is 0 Å². The van der Waals surface area contributed by atoms with E-state index in [1.165, 1.54) is 6.07 Å². The molecule has 2 aromatic carbocycles. The Kier molecular flexibility index (Phi) is 3.79. The Hall–Kier alpha value is -3.49. The van der Waals surface area contributed by atoms with Crippen molar-refractivity contribution in [3.05, 3.63) is 63.9 Å². The summed E-state index contributed by atoms with van der Waals surface area (Å²) in [5.41, 5.74) is 0.0646. The standard InChI is InChI=1S/C18H11F3N4O2/c1-9-3-2-4-10(7-9)16-24-25-17(27-16)14-15(26)23-13-8-11(18(19,20)21)5-6-12(13)22-14/h2-8H,1H3,(H,23,26).